The molecule has 0 unspecified atom stereocenters. The Morgan fingerprint density at radius 1 is 1.62 bits per heavy atom. The van der Waals surface area contributed by atoms with E-state index in [4.69, 9.17) is 16.0 Å². The summed E-state index contributed by atoms with van der Waals surface area (Å²) in [4.78, 5) is 4.01. The number of rotatable bonds is 2. The fourth-order valence-electron chi connectivity index (χ4n) is 0.945. The molecule has 2 heterocycles. The summed E-state index contributed by atoms with van der Waals surface area (Å²) in [5.41, 5.74) is 1.03. The fourth-order valence-corrected chi connectivity index (χ4v) is 2.21. The molecule has 0 radical (unpaired) electrons. The molecule has 0 N–H and O–H groups in total. The highest BCUT2D eigenvalue weighted by atomic mass is 79.9. The monoisotopic (exact) mass is 277 g/mol. The van der Waals surface area contributed by atoms with Crippen LogP contribution in [0.1, 0.15) is 5.89 Å². The summed E-state index contributed by atoms with van der Waals surface area (Å²) < 4.78 is 6.45. The Morgan fingerprint density at radius 2 is 2.46 bits per heavy atom. The first kappa shape index (κ1) is 9.24. The van der Waals surface area contributed by atoms with Gasteiger partial charge in [-0.3, -0.25) is 0 Å². The van der Waals surface area contributed by atoms with Crippen molar-refractivity contribution in [3.05, 3.63) is 27.3 Å². The summed E-state index contributed by atoms with van der Waals surface area (Å²) in [6.07, 6.45) is 1.69. The lowest BCUT2D eigenvalue weighted by atomic mass is 10.3. The largest absolute Gasteiger partial charge is 0.439 e. The van der Waals surface area contributed by atoms with Crippen LogP contribution in [-0.4, -0.2) is 4.98 Å². The molecule has 13 heavy (non-hydrogen) atoms. The van der Waals surface area contributed by atoms with Gasteiger partial charge in [0.1, 0.15) is 0 Å². The third-order valence-electron chi connectivity index (χ3n) is 1.52. The highest BCUT2D eigenvalue weighted by Gasteiger charge is 2.06. The van der Waals surface area contributed by atoms with E-state index in [1.54, 1.807) is 17.5 Å². The Morgan fingerprint density at radius 3 is 3.00 bits per heavy atom. The minimum atomic E-state index is 0.311. The van der Waals surface area contributed by atoms with E-state index < -0.39 is 0 Å². The normalized spacial score (nSPS) is 10.6. The zero-order chi connectivity index (χ0) is 9.26. The molecule has 0 aliphatic rings. The molecule has 0 fully saturated rings. The average molecular weight is 279 g/mol. The van der Waals surface area contributed by atoms with Crippen LogP contribution in [0, 0.1) is 0 Å². The molecular formula is C8H5BrClNOS. The number of thiophene rings is 1. The highest BCUT2D eigenvalue weighted by Crippen LogP contribution is 2.29. The van der Waals surface area contributed by atoms with Crippen molar-refractivity contribution >= 4 is 38.9 Å². The standard InChI is InChI=1S/C8H5BrClNOS/c9-7-1-5(4-13-7)6-3-11-8(2-10)12-6/h1,3-4H,2H2. The number of oxazole rings is 1. The van der Waals surface area contributed by atoms with Crippen LogP contribution in [0.4, 0.5) is 0 Å². The van der Waals surface area contributed by atoms with Crippen LogP contribution in [0.15, 0.2) is 25.8 Å². The van der Waals surface area contributed by atoms with Crippen LogP contribution in [-0.2, 0) is 5.88 Å². The van der Waals surface area contributed by atoms with Gasteiger partial charge in [0.2, 0.25) is 5.89 Å². The summed E-state index contributed by atoms with van der Waals surface area (Å²) in [5.74, 6) is 1.63. The Hall–Kier alpha value is -0.320. The third-order valence-corrected chi connectivity index (χ3v) is 3.25. The molecule has 0 spiro atoms. The van der Waals surface area contributed by atoms with E-state index in [9.17, 15) is 0 Å². The number of nitrogens with zero attached hydrogens (tertiary/aromatic N) is 1. The predicted molar refractivity (Wildman–Crippen MR) is 57.1 cm³/mol. The molecule has 68 valence electrons. The summed E-state index contributed by atoms with van der Waals surface area (Å²) in [5, 5.41) is 2.00. The van der Waals surface area contributed by atoms with Gasteiger partial charge in [-0.25, -0.2) is 4.98 Å². The van der Waals surface area contributed by atoms with Gasteiger partial charge < -0.3 is 4.42 Å². The van der Waals surface area contributed by atoms with Crippen molar-refractivity contribution in [2.45, 2.75) is 5.88 Å². The SMILES string of the molecule is ClCc1ncc(-c2csc(Br)c2)o1. The lowest BCUT2D eigenvalue weighted by Crippen LogP contribution is -1.70. The summed E-state index contributed by atoms with van der Waals surface area (Å²) in [6, 6.07) is 1.99. The Balaban J connectivity index is 2.35. The van der Waals surface area contributed by atoms with E-state index in [2.05, 4.69) is 20.9 Å². The molecule has 0 saturated carbocycles. The molecule has 0 aromatic carbocycles. The quantitative estimate of drug-likeness (QED) is 0.779. The van der Waals surface area contributed by atoms with Gasteiger partial charge in [-0.05, 0) is 22.0 Å². The Labute approximate surface area is 92.7 Å². The van der Waals surface area contributed by atoms with Crippen molar-refractivity contribution in [1.82, 2.24) is 4.98 Å². The van der Waals surface area contributed by atoms with Crippen LogP contribution >= 0.6 is 38.9 Å². The average Bonchev–Trinajstić information content (AvgIpc) is 2.71. The van der Waals surface area contributed by atoms with E-state index in [-0.39, 0.29) is 0 Å². The van der Waals surface area contributed by atoms with Crippen LogP contribution in [0.5, 0.6) is 0 Å². The van der Waals surface area contributed by atoms with Gasteiger partial charge in [0, 0.05) is 10.9 Å². The zero-order valence-corrected chi connectivity index (χ0v) is 9.62. The number of alkyl halides is 1. The van der Waals surface area contributed by atoms with Gasteiger partial charge in [-0.2, -0.15) is 0 Å². The van der Waals surface area contributed by atoms with Gasteiger partial charge in [0.05, 0.1) is 15.9 Å². The van der Waals surface area contributed by atoms with Gasteiger partial charge >= 0.3 is 0 Å². The second-order valence-corrected chi connectivity index (χ2v) is 4.95. The van der Waals surface area contributed by atoms with Crippen LogP contribution < -0.4 is 0 Å². The minimum absolute atomic E-state index is 0.311. The smallest absolute Gasteiger partial charge is 0.209 e. The summed E-state index contributed by atoms with van der Waals surface area (Å²) in [6.45, 7) is 0. The van der Waals surface area contributed by atoms with Gasteiger partial charge in [-0.1, -0.05) is 0 Å². The molecule has 0 aliphatic carbocycles. The number of aromatic nitrogens is 1. The van der Waals surface area contributed by atoms with E-state index in [1.807, 2.05) is 11.4 Å². The molecule has 2 aromatic heterocycles. The summed E-state index contributed by atoms with van der Waals surface area (Å²) in [7, 11) is 0. The van der Waals surface area contributed by atoms with Gasteiger partial charge in [-0.15, -0.1) is 22.9 Å². The second kappa shape index (κ2) is 3.82. The molecule has 0 saturated heterocycles. The molecule has 0 aliphatic heterocycles. The molecule has 2 aromatic rings. The van der Waals surface area contributed by atoms with E-state index in [1.165, 1.54) is 0 Å². The maximum absolute atomic E-state index is 5.57. The number of halogens is 2. The highest BCUT2D eigenvalue weighted by molar-refractivity contribution is 9.11. The van der Waals surface area contributed by atoms with Crippen molar-refractivity contribution in [1.29, 1.82) is 0 Å². The fraction of sp³-hybridized carbons (Fsp3) is 0.125. The van der Waals surface area contributed by atoms with Crippen molar-refractivity contribution in [2.24, 2.45) is 0 Å². The van der Waals surface area contributed by atoms with E-state index in [0.29, 0.717) is 11.8 Å². The molecular weight excluding hydrogens is 274 g/mol. The van der Waals surface area contributed by atoms with Crippen molar-refractivity contribution < 1.29 is 4.42 Å². The minimum Gasteiger partial charge on any atom is -0.439 e. The maximum Gasteiger partial charge on any atom is 0.209 e. The zero-order valence-electron chi connectivity index (χ0n) is 6.46. The molecule has 2 nitrogen and oxygen atoms in total. The first-order chi connectivity index (χ1) is 6.29. The molecule has 0 atom stereocenters. The van der Waals surface area contributed by atoms with Gasteiger partial charge in [0.15, 0.2) is 5.76 Å². The molecule has 2 rings (SSSR count). The molecule has 5 heteroatoms. The maximum atomic E-state index is 5.57. The van der Waals surface area contributed by atoms with Crippen molar-refractivity contribution in [3.63, 3.8) is 0 Å². The lowest BCUT2D eigenvalue weighted by Gasteiger charge is -1.87. The second-order valence-electron chi connectivity index (χ2n) is 2.39. The van der Waals surface area contributed by atoms with E-state index in [0.717, 1.165) is 15.1 Å². The Bertz CT molecular complexity index is 412. The van der Waals surface area contributed by atoms with Crippen LogP contribution in [0.3, 0.4) is 0 Å². The summed E-state index contributed by atoms with van der Waals surface area (Å²) >= 11 is 10.6. The van der Waals surface area contributed by atoms with Gasteiger partial charge in [0.25, 0.3) is 0 Å². The molecule has 0 amide bonds. The topological polar surface area (TPSA) is 26.0 Å². The van der Waals surface area contributed by atoms with Crippen LogP contribution in [0.25, 0.3) is 11.3 Å². The number of hydrogen-bond acceptors (Lipinski definition) is 3. The third kappa shape index (κ3) is 1.95. The Kier molecular flexibility index (Phi) is 2.71. The van der Waals surface area contributed by atoms with E-state index >= 15 is 0 Å². The number of hydrogen-bond donors (Lipinski definition) is 0. The first-order valence-corrected chi connectivity index (χ1v) is 5.75. The lowest BCUT2D eigenvalue weighted by molar-refractivity contribution is 0.529. The predicted octanol–water partition coefficient (Wildman–Crippen LogP) is 3.90. The van der Waals surface area contributed by atoms with Crippen molar-refractivity contribution in [2.75, 3.05) is 0 Å². The molecule has 0 bridgehead atoms. The first-order valence-electron chi connectivity index (χ1n) is 3.54. The van der Waals surface area contributed by atoms with Crippen molar-refractivity contribution in [3.8, 4) is 11.3 Å². The van der Waals surface area contributed by atoms with Crippen LogP contribution in [0.2, 0.25) is 0 Å².